The Kier molecular flexibility index (Phi) is 4.74. The minimum absolute atomic E-state index is 0.226. The lowest BCUT2D eigenvalue weighted by molar-refractivity contribution is 0.529. The molecule has 0 radical (unpaired) electrons. The SMILES string of the molecule is Nc1nc(NCc2ccc(-c3cccc(F)c3)nc2)c2ncn(C3CCCC3)c2n1. The summed E-state index contributed by atoms with van der Waals surface area (Å²) >= 11 is 0. The molecule has 7 nitrogen and oxygen atoms in total. The van der Waals surface area contributed by atoms with Crippen molar-refractivity contribution >= 4 is 22.9 Å². The van der Waals surface area contributed by atoms with Crippen LogP contribution in [0.25, 0.3) is 22.4 Å². The highest BCUT2D eigenvalue weighted by molar-refractivity contribution is 5.84. The molecule has 3 aromatic heterocycles. The topological polar surface area (TPSA) is 94.5 Å². The number of nitrogens with one attached hydrogen (secondary N) is 1. The van der Waals surface area contributed by atoms with Crippen LogP contribution in [0.5, 0.6) is 0 Å². The average Bonchev–Trinajstić information content (AvgIpc) is 3.42. The highest BCUT2D eigenvalue weighted by Crippen LogP contribution is 2.32. The van der Waals surface area contributed by atoms with Crippen molar-refractivity contribution in [2.24, 2.45) is 0 Å². The first-order chi connectivity index (χ1) is 14.7. The summed E-state index contributed by atoms with van der Waals surface area (Å²) in [4.78, 5) is 17.8. The van der Waals surface area contributed by atoms with Gasteiger partial charge in [0.2, 0.25) is 5.95 Å². The maximum Gasteiger partial charge on any atom is 0.224 e. The number of imidazole rings is 1. The number of anilines is 2. The zero-order valence-corrected chi connectivity index (χ0v) is 16.4. The van der Waals surface area contributed by atoms with Crippen molar-refractivity contribution in [3.63, 3.8) is 0 Å². The summed E-state index contributed by atoms with van der Waals surface area (Å²) in [5.41, 5.74) is 9.91. The number of nitrogens with zero attached hydrogens (tertiary/aromatic N) is 5. The van der Waals surface area contributed by atoms with E-state index in [1.807, 2.05) is 24.5 Å². The molecule has 0 unspecified atom stereocenters. The Morgan fingerprint density at radius 1 is 1.10 bits per heavy atom. The lowest BCUT2D eigenvalue weighted by Gasteiger charge is -2.12. The molecule has 0 bridgehead atoms. The van der Waals surface area contributed by atoms with E-state index >= 15 is 0 Å². The number of hydrogen-bond acceptors (Lipinski definition) is 6. The van der Waals surface area contributed by atoms with Gasteiger partial charge in [-0.2, -0.15) is 9.97 Å². The van der Waals surface area contributed by atoms with Crippen LogP contribution in [0.15, 0.2) is 48.9 Å². The fourth-order valence-corrected chi connectivity index (χ4v) is 4.04. The van der Waals surface area contributed by atoms with Gasteiger partial charge in [-0.05, 0) is 36.6 Å². The third-order valence-electron chi connectivity index (χ3n) is 5.56. The number of aromatic nitrogens is 5. The van der Waals surface area contributed by atoms with Gasteiger partial charge < -0.3 is 15.6 Å². The van der Waals surface area contributed by atoms with E-state index in [9.17, 15) is 4.39 Å². The maximum atomic E-state index is 13.4. The lowest BCUT2D eigenvalue weighted by atomic mass is 10.1. The first-order valence-electron chi connectivity index (χ1n) is 10.1. The molecule has 1 saturated carbocycles. The van der Waals surface area contributed by atoms with Gasteiger partial charge in [0.15, 0.2) is 17.0 Å². The van der Waals surface area contributed by atoms with Gasteiger partial charge in [0, 0.05) is 24.3 Å². The number of hydrogen-bond donors (Lipinski definition) is 2. The van der Waals surface area contributed by atoms with Gasteiger partial charge in [0.1, 0.15) is 5.82 Å². The highest BCUT2D eigenvalue weighted by atomic mass is 19.1. The first kappa shape index (κ1) is 18.5. The molecule has 1 aliphatic rings. The Morgan fingerprint density at radius 2 is 1.97 bits per heavy atom. The predicted molar refractivity (Wildman–Crippen MR) is 114 cm³/mol. The molecule has 3 N–H and O–H groups in total. The zero-order chi connectivity index (χ0) is 20.5. The van der Waals surface area contributed by atoms with Crippen LogP contribution in [0.2, 0.25) is 0 Å². The Labute approximate surface area is 173 Å². The summed E-state index contributed by atoms with van der Waals surface area (Å²) in [5.74, 6) is 0.565. The molecule has 0 atom stereocenters. The van der Waals surface area contributed by atoms with Crippen LogP contribution in [0, 0.1) is 5.82 Å². The van der Waals surface area contributed by atoms with Gasteiger partial charge in [-0.3, -0.25) is 4.98 Å². The summed E-state index contributed by atoms with van der Waals surface area (Å²) in [7, 11) is 0. The minimum Gasteiger partial charge on any atom is -0.368 e. The van der Waals surface area contributed by atoms with Gasteiger partial charge in [0.25, 0.3) is 0 Å². The molecule has 0 aliphatic heterocycles. The minimum atomic E-state index is -0.276. The quantitative estimate of drug-likeness (QED) is 0.515. The standard InChI is InChI=1S/C22H22FN7/c23-16-5-3-4-15(10-16)18-9-8-14(11-25-18)12-26-20-19-21(29-22(24)28-20)30(13-27-19)17-6-1-2-7-17/h3-5,8-11,13,17H,1-2,6-7,12H2,(H3,24,26,28,29). The van der Waals surface area contributed by atoms with Crippen molar-refractivity contribution in [1.82, 2.24) is 24.5 Å². The number of fused-ring (bicyclic) bond motifs is 1. The zero-order valence-electron chi connectivity index (χ0n) is 16.4. The van der Waals surface area contributed by atoms with E-state index in [1.165, 1.54) is 25.0 Å². The Hall–Kier alpha value is -3.55. The summed E-state index contributed by atoms with van der Waals surface area (Å²) in [6, 6.07) is 10.7. The van der Waals surface area contributed by atoms with Gasteiger partial charge in [-0.1, -0.05) is 31.0 Å². The highest BCUT2D eigenvalue weighted by Gasteiger charge is 2.21. The summed E-state index contributed by atoms with van der Waals surface area (Å²) in [6.07, 6.45) is 8.35. The molecule has 1 fully saturated rings. The second kappa shape index (κ2) is 7.70. The van der Waals surface area contributed by atoms with Crippen molar-refractivity contribution in [3.05, 3.63) is 60.3 Å². The summed E-state index contributed by atoms with van der Waals surface area (Å²) < 4.78 is 15.6. The van der Waals surface area contributed by atoms with E-state index in [0.717, 1.165) is 40.8 Å². The normalized spacial score (nSPS) is 14.4. The molecule has 152 valence electrons. The predicted octanol–water partition coefficient (Wildman–Crippen LogP) is 4.34. The average molecular weight is 403 g/mol. The van der Waals surface area contributed by atoms with Crippen LogP contribution < -0.4 is 11.1 Å². The van der Waals surface area contributed by atoms with Crippen LogP contribution in [-0.2, 0) is 6.54 Å². The third-order valence-corrected chi connectivity index (χ3v) is 5.56. The molecule has 5 rings (SSSR count). The molecule has 1 aromatic carbocycles. The van der Waals surface area contributed by atoms with E-state index < -0.39 is 0 Å². The first-order valence-corrected chi connectivity index (χ1v) is 10.1. The van der Waals surface area contributed by atoms with Crippen molar-refractivity contribution in [3.8, 4) is 11.3 Å². The number of rotatable bonds is 5. The lowest BCUT2D eigenvalue weighted by Crippen LogP contribution is -2.08. The van der Waals surface area contributed by atoms with E-state index in [4.69, 9.17) is 5.73 Å². The van der Waals surface area contributed by atoms with Crippen LogP contribution in [0.3, 0.4) is 0 Å². The van der Waals surface area contributed by atoms with Crippen LogP contribution in [0.4, 0.5) is 16.2 Å². The second-order valence-electron chi connectivity index (χ2n) is 7.61. The van der Waals surface area contributed by atoms with Gasteiger partial charge in [-0.25, -0.2) is 9.37 Å². The van der Waals surface area contributed by atoms with E-state index in [-0.39, 0.29) is 11.8 Å². The molecule has 1 aliphatic carbocycles. The molecular formula is C22H22FN7. The van der Waals surface area contributed by atoms with E-state index in [0.29, 0.717) is 18.4 Å². The molecule has 4 aromatic rings. The smallest absolute Gasteiger partial charge is 0.224 e. The molecule has 8 heteroatoms. The van der Waals surface area contributed by atoms with E-state index in [1.54, 1.807) is 12.3 Å². The van der Waals surface area contributed by atoms with Crippen molar-refractivity contribution in [2.45, 2.75) is 38.3 Å². The fourth-order valence-electron chi connectivity index (χ4n) is 4.04. The third kappa shape index (κ3) is 3.56. The molecule has 0 saturated heterocycles. The van der Waals surface area contributed by atoms with E-state index in [2.05, 4.69) is 29.8 Å². The number of pyridine rings is 1. The van der Waals surface area contributed by atoms with Crippen molar-refractivity contribution in [2.75, 3.05) is 11.1 Å². The van der Waals surface area contributed by atoms with Crippen LogP contribution in [0.1, 0.15) is 37.3 Å². The number of benzene rings is 1. The van der Waals surface area contributed by atoms with Gasteiger partial charge in [0.05, 0.1) is 12.0 Å². The second-order valence-corrected chi connectivity index (χ2v) is 7.61. The summed E-state index contributed by atoms with van der Waals surface area (Å²) in [6.45, 7) is 0.512. The molecule has 0 amide bonds. The molecule has 0 spiro atoms. The number of nitrogen functional groups attached to an aromatic ring is 1. The molecule has 3 heterocycles. The Morgan fingerprint density at radius 3 is 2.73 bits per heavy atom. The number of halogens is 1. The maximum absolute atomic E-state index is 13.4. The Balaban J connectivity index is 1.36. The largest absolute Gasteiger partial charge is 0.368 e. The van der Waals surface area contributed by atoms with Crippen molar-refractivity contribution < 1.29 is 4.39 Å². The van der Waals surface area contributed by atoms with Crippen LogP contribution in [-0.4, -0.2) is 24.5 Å². The van der Waals surface area contributed by atoms with Gasteiger partial charge in [-0.15, -0.1) is 0 Å². The summed E-state index contributed by atoms with van der Waals surface area (Å²) in [5, 5.41) is 3.31. The number of nitrogens with two attached hydrogens (primary N) is 1. The Bertz CT molecular complexity index is 1180. The van der Waals surface area contributed by atoms with Crippen molar-refractivity contribution in [1.29, 1.82) is 0 Å². The fraction of sp³-hybridized carbons (Fsp3) is 0.273. The molecule has 30 heavy (non-hydrogen) atoms. The monoisotopic (exact) mass is 403 g/mol. The molecular weight excluding hydrogens is 381 g/mol. The van der Waals surface area contributed by atoms with Crippen LogP contribution >= 0.6 is 0 Å². The van der Waals surface area contributed by atoms with Gasteiger partial charge >= 0.3 is 0 Å².